The monoisotopic (exact) mass is 611 g/mol. The molecular formula is C24H24Br2ClN3O4. The van der Waals surface area contributed by atoms with E-state index >= 15 is 0 Å². The van der Waals surface area contributed by atoms with Gasteiger partial charge in [-0.15, -0.1) is 0 Å². The third-order valence-electron chi connectivity index (χ3n) is 5.14. The maximum absolute atomic E-state index is 13.3. The van der Waals surface area contributed by atoms with Crippen LogP contribution < -0.4 is 10.3 Å². The summed E-state index contributed by atoms with van der Waals surface area (Å²) in [5.41, 5.74) is 0.994. The topological polar surface area (TPSA) is 82.8 Å². The quantitative estimate of drug-likeness (QED) is 0.220. The fourth-order valence-electron chi connectivity index (χ4n) is 3.15. The molecule has 0 unspecified atom stereocenters. The largest absolute Gasteiger partial charge is 0.476 e. The van der Waals surface area contributed by atoms with Gasteiger partial charge in [0.25, 0.3) is 5.56 Å². The van der Waals surface area contributed by atoms with Crippen LogP contribution in [0.4, 0.5) is 0 Å². The summed E-state index contributed by atoms with van der Waals surface area (Å²) in [6.45, 7) is 7.61. The molecule has 0 N–H and O–H groups in total. The van der Waals surface area contributed by atoms with Gasteiger partial charge in [0.1, 0.15) is 5.82 Å². The molecule has 0 amide bonds. The molecule has 0 aliphatic rings. The predicted octanol–water partition coefficient (Wildman–Crippen LogP) is 6.30. The summed E-state index contributed by atoms with van der Waals surface area (Å²) in [5.74, 6) is 0.429. The molecule has 1 heterocycles. The third kappa shape index (κ3) is 5.87. The molecule has 0 radical (unpaired) electrons. The third-order valence-corrected chi connectivity index (χ3v) is 6.51. The number of halogens is 3. The number of rotatable bonds is 8. The maximum Gasteiger partial charge on any atom is 0.347 e. The van der Waals surface area contributed by atoms with Crippen LogP contribution in [-0.4, -0.2) is 34.6 Å². The fraction of sp³-hybridized carbons (Fsp3) is 0.333. The van der Waals surface area contributed by atoms with E-state index in [-0.39, 0.29) is 23.1 Å². The average Bonchev–Trinajstić information content (AvgIpc) is 2.80. The zero-order valence-corrected chi connectivity index (χ0v) is 23.1. The number of fused-ring (bicyclic) bond motifs is 1. The number of hydrogen-bond donors (Lipinski definition) is 0. The Morgan fingerprint density at radius 2 is 1.97 bits per heavy atom. The molecule has 34 heavy (non-hydrogen) atoms. The standard InChI is InChI=1S/C24H24Br2ClN3O4/c1-5-13(3)22-29-20-8-7-16(25)11-17(20)23(31)30(22)28-12-15-9-18(26)21(19(27)10-15)34-14(4)24(32)33-6-2/h7-14H,5-6H2,1-4H3/t13-,14-/m0/s1. The second-order valence-electron chi connectivity index (χ2n) is 7.63. The van der Waals surface area contributed by atoms with Gasteiger partial charge in [-0.2, -0.15) is 9.78 Å². The van der Waals surface area contributed by atoms with Crippen molar-refractivity contribution in [2.75, 3.05) is 6.61 Å². The average molecular weight is 614 g/mol. The van der Waals surface area contributed by atoms with Crippen LogP contribution in [0.1, 0.15) is 51.4 Å². The number of carbonyl (C=O) groups excluding carboxylic acids is 1. The number of carbonyl (C=O) groups is 1. The highest BCUT2D eigenvalue weighted by atomic mass is 79.9. The van der Waals surface area contributed by atoms with Crippen LogP contribution in [0.25, 0.3) is 10.9 Å². The maximum atomic E-state index is 13.3. The van der Waals surface area contributed by atoms with E-state index in [1.54, 1.807) is 32.0 Å². The summed E-state index contributed by atoms with van der Waals surface area (Å²) in [6, 6.07) is 8.79. The van der Waals surface area contributed by atoms with Gasteiger partial charge in [0.05, 0.1) is 33.2 Å². The lowest BCUT2D eigenvalue weighted by molar-refractivity contribution is -0.150. The van der Waals surface area contributed by atoms with Crippen molar-refractivity contribution in [1.82, 2.24) is 9.66 Å². The molecule has 0 saturated carbocycles. The molecule has 3 rings (SSSR count). The molecular weight excluding hydrogens is 590 g/mol. The van der Waals surface area contributed by atoms with Gasteiger partial charge >= 0.3 is 5.97 Å². The Bertz CT molecular complexity index is 1290. The lowest BCUT2D eigenvalue weighted by Gasteiger charge is -2.16. The number of benzene rings is 2. The first-order chi connectivity index (χ1) is 16.2. The normalized spacial score (nSPS) is 13.3. The van der Waals surface area contributed by atoms with E-state index in [1.165, 1.54) is 10.9 Å². The predicted molar refractivity (Wildman–Crippen MR) is 141 cm³/mol. The zero-order chi connectivity index (χ0) is 25.0. The van der Waals surface area contributed by atoms with Crippen LogP contribution in [0.2, 0.25) is 5.02 Å². The molecule has 1 aromatic heterocycles. The number of hydrogen-bond acceptors (Lipinski definition) is 6. The van der Waals surface area contributed by atoms with Crippen LogP contribution in [0.5, 0.6) is 5.75 Å². The molecule has 2 atom stereocenters. The second kappa shape index (κ2) is 11.5. The first kappa shape index (κ1) is 26.4. The Morgan fingerprint density at radius 1 is 1.24 bits per heavy atom. The second-order valence-corrected chi connectivity index (χ2v) is 9.81. The molecule has 3 aromatic rings. The minimum Gasteiger partial charge on any atom is -0.476 e. The Kier molecular flexibility index (Phi) is 8.89. The van der Waals surface area contributed by atoms with Gasteiger partial charge in [0, 0.05) is 10.4 Å². The summed E-state index contributed by atoms with van der Waals surface area (Å²) >= 11 is 13.3. The van der Waals surface area contributed by atoms with Crippen molar-refractivity contribution in [1.29, 1.82) is 0 Å². The Labute approximate surface area is 219 Å². The van der Waals surface area contributed by atoms with E-state index in [0.29, 0.717) is 32.5 Å². The zero-order valence-electron chi connectivity index (χ0n) is 19.1. The van der Waals surface area contributed by atoms with Crippen molar-refractivity contribution in [3.63, 3.8) is 0 Å². The molecule has 0 aliphatic carbocycles. The number of ether oxygens (including phenoxy) is 2. The van der Waals surface area contributed by atoms with Gasteiger partial charge in [-0.1, -0.05) is 41.4 Å². The number of nitrogens with zero attached hydrogens (tertiary/aromatic N) is 3. The van der Waals surface area contributed by atoms with E-state index < -0.39 is 12.1 Å². The van der Waals surface area contributed by atoms with Crippen molar-refractivity contribution in [3.8, 4) is 5.75 Å². The Morgan fingerprint density at radius 3 is 2.62 bits per heavy atom. The fourth-order valence-corrected chi connectivity index (χ4v) is 4.47. The van der Waals surface area contributed by atoms with Gasteiger partial charge in [-0.05, 0) is 72.1 Å². The Balaban J connectivity index is 2.00. The molecule has 7 nitrogen and oxygen atoms in total. The van der Waals surface area contributed by atoms with Crippen LogP contribution in [0, 0.1) is 0 Å². The van der Waals surface area contributed by atoms with Gasteiger partial charge in [0.15, 0.2) is 11.9 Å². The molecule has 180 valence electrons. The summed E-state index contributed by atoms with van der Waals surface area (Å²) < 4.78 is 13.3. The van der Waals surface area contributed by atoms with Gasteiger partial charge < -0.3 is 9.47 Å². The minimum absolute atomic E-state index is 0.0216. The molecule has 0 fully saturated rings. The van der Waals surface area contributed by atoms with Crippen LogP contribution in [0.3, 0.4) is 0 Å². The number of esters is 1. The molecule has 0 saturated heterocycles. The van der Waals surface area contributed by atoms with E-state index in [9.17, 15) is 9.59 Å². The lowest BCUT2D eigenvalue weighted by Crippen LogP contribution is -2.26. The van der Waals surface area contributed by atoms with Crippen molar-refractivity contribution in [2.45, 2.75) is 46.1 Å². The highest BCUT2D eigenvalue weighted by molar-refractivity contribution is 9.10. The molecule has 0 bridgehead atoms. The summed E-state index contributed by atoms with van der Waals surface area (Å²) in [4.78, 5) is 29.8. The van der Waals surface area contributed by atoms with E-state index in [0.717, 1.165) is 10.9 Å². The van der Waals surface area contributed by atoms with Gasteiger partial charge in [-0.3, -0.25) is 4.79 Å². The van der Waals surface area contributed by atoms with E-state index in [4.69, 9.17) is 26.1 Å². The highest BCUT2D eigenvalue weighted by Crippen LogP contribution is 2.35. The SMILES string of the molecule is CCOC(=O)[C@H](C)Oc1c(Cl)cc(C=Nn2c([C@@H](C)CC)nc3ccc(Br)cc3c2=O)cc1Br. The van der Waals surface area contributed by atoms with Crippen LogP contribution in [-0.2, 0) is 9.53 Å². The van der Waals surface area contributed by atoms with E-state index in [2.05, 4.69) is 37.0 Å². The molecule has 0 spiro atoms. The first-order valence-corrected chi connectivity index (χ1v) is 12.7. The highest BCUT2D eigenvalue weighted by Gasteiger charge is 2.20. The van der Waals surface area contributed by atoms with Crippen molar-refractivity contribution < 1.29 is 14.3 Å². The van der Waals surface area contributed by atoms with Crippen molar-refractivity contribution >= 4 is 66.5 Å². The van der Waals surface area contributed by atoms with Gasteiger partial charge in [-0.25, -0.2) is 9.78 Å². The number of aromatic nitrogens is 2. The smallest absolute Gasteiger partial charge is 0.347 e. The van der Waals surface area contributed by atoms with Crippen molar-refractivity contribution in [3.05, 3.63) is 66.0 Å². The van der Waals surface area contributed by atoms with Gasteiger partial charge in [0.2, 0.25) is 0 Å². The molecule has 2 aromatic carbocycles. The summed E-state index contributed by atoms with van der Waals surface area (Å²) in [5, 5.41) is 5.20. The molecule has 0 aliphatic heterocycles. The summed E-state index contributed by atoms with van der Waals surface area (Å²) in [6.07, 6.45) is 1.51. The minimum atomic E-state index is -0.826. The molecule has 10 heteroatoms. The van der Waals surface area contributed by atoms with Crippen LogP contribution >= 0.6 is 43.5 Å². The summed E-state index contributed by atoms with van der Waals surface area (Å²) in [7, 11) is 0. The van der Waals surface area contributed by atoms with Crippen molar-refractivity contribution in [2.24, 2.45) is 5.10 Å². The van der Waals surface area contributed by atoms with Crippen LogP contribution in [0.15, 0.2) is 49.2 Å². The van der Waals surface area contributed by atoms with E-state index in [1.807, 2.05) is 26.0 Å². The lowest BCUT2D eigenvalue weighted by atomic mass is 10.1. The first-order valence-electron chi connectivity index (χ1n) is 10.7. The Hall–Kier alpha value is -2.23.